The Morgan fingerprint density at radius 3 is 2.51 bits per heavy atom. The number of carbonyl (C=O) groups is 4. The minimum Gasteiger partial charge on any atom is -0.346 e. The molecule has 0 radical (unpaired) electrons. The van der Waals surface area contributed by atoms with Crippen molar-refractivity contribution in [2.24, 2.45) is 0 Å². The first-order valence-electron chi connectivity index (χ1n) is 10.9. The molecule has 7 nitrogen and oxygen atoms in total. The third-order valence-corrected chi connectivity index (χ3v) is 6.25. The molecule has 2 aliphatic rings. The largest absolute Gasteiger partial charge is 0.416 e. The van der Waals surface area contributed by atoms with Gasteiger partial charge < -0.3 is 10.2 Å². The number of fused-ring (bicyclic) bond motifs is 1. The van der Waals surface area contributed by atoms with Crippen LogP contribution in [0.15, 0.2) is 53.1 Å². The van der Waals surface area contributed by atoms with Gasteiger partial charge in [-0.25, -0.2) is 0 Å². The van der Waals surface area contributed by atoms with E-state index in [1.165, 1.54) is 23.1 Å². The molecule has 0 bridgehead atoms. The van der Waals surface area contributed by atoms with Crippen LogP contribution < -0.4 is 10.6 Å². The standard InChI is InChI=1S/C24H21ClF5N3O4/c1-3-15(25)9-17(24(28,29)30)12(2)23(26,27)22(37)31-10-13-4-5-16-14(8-13)11-33(21(16)36)18-6-7-19(34)32-20(18)35/h3-5,8-9,18H,1,6-7,10-11H2,2H3,(H,31,37)(H,32,34,35)/b15-9+,17-12-. The maximum atomic E-state index is 14.7. The van der Waals surface area contributed by atoms with E-state index in [4.69, 9.17) is 11.6 Å². The van der Waals surface area contributed by atoms with E-state index in [1.54, 1.807) is 0 Å². The SMILES string of the molecule is C=C/C(Cl)=C\C(=C(/C)C(F)(F)C(=O)NCc1ccc2c(c1)CN(C1CCC(=O)NC1=O)C2=O)C(F)(F)F. The molecule has 0 aliphatic carbocycles. The van der Waals surface area contributed by atoms with Crippen molar-refractivity contribution in [1.82, 2.24) is 15.5 Å². The maximum Gasteiger partial charge on any atom is 0.416 e. The van der Waals surface area contributed by atoms with Gasteiger partial charge in [-0.05, 0) is 36.6 Å². The van der Waals surface area contributed by atoms with Crippen LogP contribution in [-0.2, 0) is 27.5 Å². The lowest BCUT2D eigenvalue weighted by Crippen LogP contribution is -2.52. The summed E-state index contributed by atoms with van der Waals surface area (Å²) in [6.45, 7) is 3.20. The molecule has 1 fully saturated rings. The molecule has 4 amide bonds. The highest BCUT2D eigenvalue weighted by atomic mass is 35.5. The van der Waals surface area contributed by atoms with Crippen LogP contribution in [0.3, 0.4) is 0 Å². The first kappa shape index (κ1) is 28.0. The number of rotatable bonds is 7. The quantitative estimate of drug-likeness (QED) is 0.309. The molecule has 3 rings (SSSR count). The molecule has 1 unspecified atom stereocenters. The number of allylic oxidation sites excluding steroid dienone is 4. The molecular weight excluding hydrogens is 525 g/mol. The molecule has 2 N–H and O–H groups in total. The van der Waals surface area contributed by atoms with Crippen molar-refractivity contribution in [2.45, 2.75) is 51.0 Å². The van der Waals surface area contributed by atoms with E-state index >= 15 is 0 Å². The van der Waals surface area contributed by atoms with Gasteiger partial charge in [0.05, 0.1) is 5.57 Å². The Hall–Kier alpha value is -3.54. The Morgan fingerprint density at radius 2 is 1.92 bits per heavy atom. The normalized spacial score (nSPS) is 19.3. The molecule has 198 valence electrons. The molecule has 2 heterocycles. The van der Waals surface area contributed by atoms with Gasteiger partial charge in [-0.1, -0.05) is 36.4 Å². The zero-order chi connectivity index (χ0) is 27.7. The van der Waals surface area contributed by atoms with Crippen LogP contribution in [0, 0.1) is 0 Å². The molecule has 0 aromatic heterocycles. The number of benzene rings is 1. The number of imide groups is 1. The van der Waals surface area contributed by atoms with Gasteiger partial charge in [-0.3, -0.25) is 24.5 Å². The van der Waals surface area contributed by atoms with E-state index in [-0.39, 0.29) is 31.0 Å². The molecule has 2 aliphatic heterocycles. The van der Waals surface area contributed by atoms with Crippen molar-refractivity contribution in [2.75, 3.05) is 0 Å². The summed E-state index contributed by atoms with van der Waals surface area (Å²) in [6, 6.07) is 3.41. The number of halogens is 6. The molecule has 0 saturated carbocycles. The molecule has 1 aromatic carbocycles. The van der Waals surface area contributed by atoms with Crippen LogP contribution in [0.5, 0.6) is 0 Å². The Bertz CT molecular complexity index is 1240. The number of amides is 4. The van der Waals surface area contributed by atoms with Crippen molar-refractivity contribution < 1.29 is 41.1 Å². The van der Waals surface area contributed by atoms with Crippen LogP contribution in [0.1, 0.15) is 41.3 Å². The van der Waals surface area contributed by atoms with Crippen LogP contribution in [0.2, 0.25) is 0 Å². The minimum absolute atomic E-state index is 0.0194. The fourth-order valence-corrected chi connectivity index (χ4v) is 4.08. The summed E-state index contributed by atoms with van der Waals surface area (Å²) in [5, 5.41) is 3.55. The van der Waals surface area contributed by atoms with Gasteiger partial charge in [0.15, 0.2) is 0 Å². The fraction of sp³-hybridized carbons (Fsp3) is 0.333. The molecular formula is C24H21ClF5N3O4. The average Bonchev–Trinajstić information content (AvgIpc) is 3.14. The summed E-state index contributed by atoms with van der Waals surface area (Å²) in [7, 11) is 0. The monoisotopic (exact) mass is 545 g/mol. The number of nitrogens with one attached hydrogen (secondary N) is 2. The van der Waals surface area contributed by atoms with Gasteiger partial charge in [-0.15, -0.1) is 0 Å². The zero-order valence-electron chi connectivity index (χ0n) is 19.3. The smallest absolute Gasteiger partial charge is 0.346 e. The highest BCUT2D eigenvalue weighted by Gasteiger charge is 2.47. The van der Waals surface area contributed by atoms with Gasteiger partial charge in [0, 0.05) is 35.7 Å². The van der Waals surface area contributed by atoms with Crippen molar-refractivity contribution in [3.63, 3.8) is 0 Å². The van der Waals surface area contributed by atoms with Gasteiger partial charge in [0.1, 0.15) is 6.04 Å². The van der Waals surface area contributed by atoms with E-state index < -0.39 is 64.5 Å². The van der Waals surface area contributed by atoms with E-state index in [9.17, 15) is 41.1 Å². The van der Waals surface area contributed by atoms with E-state index in [0.29, 0.717) is 18.1 Å². The number of piperidine rings is 1. The Kier molecular flexibility index (Phi) is 7.91. The molecule has 1 saturated heterocycles. The van der Waals surface area contributed by atoms with Crippen LogP contribution in [-0.4, -0.2) is 46.7 Å². The lowest BCUT2D eigenvalue weighted by Gasteiger charge is -2.29. The van der Waals surface area contributed by atoms with Gasteiger partial charge in [0.25, 0.3) is 11.8 Å². The number of hydrogen-bond acceptors (Lipinski definition) is 4. The molecule has 1 atom stereocenters. The van der Waals surface area contributed by atoms with Gasteiger partial charge in [0.2, 0.25) is 11.8 Å². The van der Waals surface area contributed by atoms with Gasteiger partial charge >= 0.3 is 12.1 Å². The van der Waals surface area contributed by atoms with Crippen LogP contribution in [0.25, 0.3) is 0 Å². The summed E-state index contributed by atoms with van der Waals surface area (Å²) < 4.78 is 69.4. The first-order valence-corrected chi connectivity index (χ1v) is 11.2. The molecule has 0 spiro atoms. The third-order valence-electron chi connectivity index (χ3n) is 5.98. The summed E-state index contributed by atoms with van der Waals surface area (Å²) in [5.74, 6) is -7.96. The van der Waals surface area contributed by atoms with Crippen molar-refractivity contribution >= 4 is 35.2 Å². The Morgan fingerprint density at radius 1 is 1.24 bits per heavy atom. The zero-order valence-corrected chi connectivity index (χ0v) is 20.1. The predicted molar refractivity (Wildman–Crippen MR) is 122 cm³/mol. The minimum atomic E-state index is -5.21. The highest BCUT2D eigenvalue weighted by molar-refractivity contribution is 6.31. The number of hydrogen-bond donors (Lipinski definition) is 2. The maximum absolute atomic E-state index is 14.7. The second-order valence-electron chi connectivity index (χ2n) is 8.42. The topological polar surface area (TPSA) is 95.6 Å². The van der Waals surface area contributed by atoms with E-state index in [1.807, 2.05) is 5.32 Å². The highest BCUT2D eigenvalue weighted by Crippen LogP contribution is 2.37. The molecule has 1 aromatic rings. The number of alkyl halides is 5. The van der Waals surface area contributed by atoms with Crippen LogP contribution >= 0.6 is 11.6 Å². The van der Waals surface area contributed by atoms with Gasteiger partial charge in [-0.2, -0.15) is 22.0 Å². The predicted octanol–water partition coefficient (Wildman–Crippen LogP) is 3.89. The summed E-state index contributed by atoms with van der Waals surface area (Å²) in [4.78, 5) is 49.7. The van der Waals surface area contributed by atoms with Crippen molar-refractivity contribution in [3.05, 3.63) is 69.8 Å². The Balaban J connectivity index is 1.75. The summed E-state index contributed by atoms with van der Waals surface area (Å²) >= 11 is 5.51. The lowest BCUT2D eigenvalue weighted by molar-refractivity contribution is -0.141. The van der Waals surface area contributed by atoms with E-state index in [2.05, 4.69) is 11.9 Å². The first-order chi connectivity index (χ1) is 17.2. The Labute approximate surface area is 213 Å². The third kappa shape index (κ3) is 5.90. The van der Waals surface area contributed by atoms with Crippen LogP contribution in [0.4, 0.5) is 22.0 Å². The second kappa shape index (κ2) is 10.4. The second-order valence-corrected chi connectivity index (χ2v) is 8.85. The van der Waals surface area contributed by atoms with E-state index in [0.717, 1.165) is 6.08 Å². The fourth-order valence-electron chi connectivity index (χ4n) is 3.97. The van der Waals surface area contributed by atoms with Crippen molar-refractivity contribution in [1.29, 1.82) is 0 Å². The number of carbonyl (C=O) groups excluding carboxylic acids is 4. The van der Waals surface area contributed by atoms with Crippen molar-refractivity contribution in [3.8, 4) is 0 Å². The summed E-state index contributed by atoms with van der Waals surface area (Å²) in [5.41, 5.74) is -2.29. The molecule has 37 heavy (non-hydrogen) atoms. The molecule has 13 heteroatoms. The lowest BCUT2D eigenvalue weighted by atomic mass is 10.0. The number of nitrogens with zero attached hydrogens (tertiary/aromatic N) is 1. The summed E-state index contributed by atoms with van der Waals surface area (Å²) in [6.07, 6.45) is -3.89. The average molecular weight is 546 g/mol.